The van der Waals surface area contributed by atoms with Gasteiger partial charge in [-0.3, -0.25) is 0 Å². The first-order chi connectivity index (χ1) is 60.0. The molecule has 6 aliphatic rings. The topological polar surface area (TPSA) is 38.1 Å². The molecule has 0 N–H and O–H groups in total. The van der Waals surface area contributed by atoms with E-state index in [1.807, 2.05) is 11.3 Å². The molecule has 4 heterocycles. The van der Waals surface area contributed by atoms with Crippen molar-refractivity contribution in [1.29, 1.82) is 0 Å². The molecule has 0 fully saturated rings. The third-order valence-corrected chi connectivity index (χ3v) is 29.2. The third-order valence-electron chi connectivity index (χ3n) is 28.0. The Morgan fingerprint density at radius 3 is 1.11 bits per heavy atom. The van der Waals surface area contributed by atoms with Gasteiger partial charge < -0.3 is 23.7 Å². The highest BCUT2D eigenvalue weighted by atomic mass is 32.1. The van der Waals surface area contributed by atoms with Crippen LogP contribution in [0.4, 0.5) is 34.1 Å². The first-order valence-corrected chi connectivity index (χ1v) is 43.2. The van der Waals surface area contributed by atoms with Gasteiger partial charge in [0.1, 0.15) is 34.2 Å². The van der Waals surface area contributed by atoms with Crippen molar-refractivity contribution in [1.82, 2.24) is 0 Å². The Bertz CT molecular complexity index is 7870. The van der Waals surface area contributed by atoms with Crippen molar-refractivity contribution in [2.75, 3.05) is 9.80 Å². The first-order valence-electron chi connectivity index (χ1n) is 42.4. The largest absolute Gasteiger partial charge is 0.457 e. The molecule has 0 atom stereocenters. The van der Waals surface area contributed by atoms with Crippen LogP contribution in [0.2, 0.25) is 0 Å². The van der Waals surface area contributed by atoms with Crippen LogP contribution in [0.5, 0.6) is 23.0 Å². The summed E-state index contributed by atoms with van der Waals surface area (Å²) in [7, 11) is 0. The molecule has 6 heteroatoms. The Hall–Kier alpha value is -14.8. The quantitative estimate of drug-likeness (QED) is 0.144. The number of benzene rings is 18. The van der Waals surface area contributed by atoms with Crippen LogP contribution >= 0.6 is 11.3 Å². The van der Waals surface area contributed by atoms with E-state index in [0.717, 1.165) is 118 Å². The molecule has 574 valence electrons. The number of fused-ring (bicyclic) bond motifs is 30. The average Bonchev–Trinajstić information content (AvgIpc) is 1.46. The molecule has 0 saturated carbocycles. The van der Waals surface area contributed by atoms with Gasteiger partial charge in [-0.2, -0.15) is 0 Å². The maximum atomic E-state index is 7.12. The number of para-hydroxylation sites is 5. The molecule has 0 radical (unpaired) electrons. The van der Waals surface area contributed by atoms with Gasteiger partial charge in [0, 0.05) is 97.9 Å². The first kappa shape index (κ1) is 69.2. The molecular weight excluding hydrogens is 1500 g/mol. The van der Waals surface area contributed by atoms with E-state index in [1.54, 1.807) is 0 Å². The molecule has 122 heavy (non-hydrogen) atoms. The number of ether oxygens (including phenoxy) is 2. The molecule has 2 aromatic heterocycles. The molecule has 2 aliphatic heterocycles. The highest BCUT2D eigenvalue weighted by molar-refractivity contribution is 7.26. The number of hydrogen-bond acceptors (Lipinski definition) is 6. The van der Waals surface area contributed by atoms with Gasteiger partial charge in [-0.25, -0.2) is 0 Å². The number of rotatable bonds is 9. The van der Waals surface area contributed by atoms with E-state index in [4.69, 9.17) is 13.9 Å². The van der Waals surface area contributed by atoms with Gasteiger partial charge in [0.25, 0.3) is 0 Å². The monoisotopic (exact) mass is 1580 g/mol. The summed E-state index contributed by atoms with van der Waals surface area (Å²) in [5.41, 5.74) is 37.7. The SMILES string of the molecule is CC1(C)c2cc(-c3cccc4c3sc3cccc(-c5ccccc5N(c5ccc6c(c5)C(C)(C)c5ccccc5-6)c5ccc6c(c5)C5(c7ccccc7O6)c6ccccc6-c6ccccc65)c34)ccc2-c2ccc(N(c3ccc4c(c3)C3(c5ccccc5O4)c4ccccc4-c4ccccc43)c3ccccc3-c3cccc4oc5ccccc5c34)cc21. The van der Waals surface area contributed by atoms with Crippen molar-refractivity contribution in [2.24, 2.45) is 0 Å². The normalized spacial score (nSPS) is 14.6. The highest BCUT2D eigenvalue weighted by Crippen LogP contribution is 2.67. The van der Waals surface area contributed by atoms with Gasteiger partial charge in [-0.05, 0) is 220 Å². The number of nitrogens with zero attached hydrogens (tertiary/aromatic N) is 2. The van der Waals surface area contributed by atoms with Crippen LogP contribution in [-0.2, 0) is 21.7 Å². The predicted molar refractivity (Wildman–Crippen MR) is 502 cm³/mol. The van der Waals surface area contributed by atoms with Crippen LogP contribution in [0.1, 0.15) is 94.5 Å². The molecule has 4 aliphatic carbocycles. The summed E-state index contributed by atoms with van der Waals surface area (Å²) in [5.74, 6) is 3.43. The summed E-state index contributed by atoms with van der Waals surface area (Å²) in [6.45, 7) is 9.63. The summed E-state index contributed by atoms with van der Waals surface area (Å²) in [6, 6.07) is 145. The van der Waals surface area contributed by atoms with Crippen molar-refractivity contribution < 1.29 is 13.9 Å². The van der Waals surface area contributed by atoms with Crippen molar-refractivity contribution >= 4 is 87.6 Å². The molecule has 0 unspecified atom stereocenters. The Morgan fingerprint density at radius 1 is 0.230 bits per heavy atom. The standard InChI is InChI=1S/C116H76N2O3S/c1-113(2)89-40-13-5-28-75(89)81-60-55-70(65-97(81)113)118(73-58-63-107-100(68-73)116(95-46-19-24-51-105(95)121-107)92-43-16-8-31-78(92)79-32-9-17-44-93(79)116)102-48-21-11-34-84(102)86-38-27-53-109-111(86)88-39-25-36-74(112(88)122-109)69-54-59-80-82-61-56-71(66-98(82)114(3,4)96(80)64-69)117(101-47-20-10-33-83(101)85-37-26-52-108-110(85)87-35-12-22-49-103(87)119-108)72-57-62-106-99(67-72)115(94-45-18-23-50-104(94)120-106)90-41-14-6-29-76(90)77-30-7-15-42-91(77)115/h5-68H,1-4H3. The van der Waals surface area contributed by atoms with Crippen molar-refractivity contribution in [2.45, 2.75) is 49.4 Å². The van der Waals surface area contributed by atoms with Crippen LogP contribution in [-0.4, -0.2) is 0 Å². The predicted octanol–water partition coefficient (Wildman–Crippen LogP) is 31.4. The number of anilines is 6. The van der Waals surface area contributed by atoms with Crippen LogP contribution in [0.15, 0.2) is 393 Å². The van der Waals surface area contributed by atoms with Gasteiger partial charge >= 0.3 is 0 Å². The Kier molecular flexibility index (Phi) is 14.4. The smallest absolute Gasteiger partial charge is 0.136 e. The zero-order chi connectivity index (χ0) is 80.6. The van der Waals surface area contributed by atoms with Gasteiger partial charge in [0.05, 0.1) is 22.2 Å². The van der Waals surface area contributed by atoms with Crippen LogP contribution in [0.25, 0.3) is 120 Å². The van der Waals surface area contributed by atoms with Gasteiger partial charge in [-0.15, -0.1) is 11.3 Å². The van der Waals surface area contributed by atoms with Gasteiger partial charge in [0.2, 0.25) is 0 Å². The molecule has 2 spiro atoms. The summed E-state index contributed by atoms with van der Waals surface area (Å²) in [4.78, 5) is 5.04. The Morgan fingerprint density at radius 2 is 0.574 bits per heavy atom. The van der Waals surface area contributed by atoms with Gasteiger partial charge in [0.15, 0.2) is 0 Å². The summed E-state index contributed by atoms with van der Waals surface area (Å²) < 4.78 is 23.4. The van der Waals surface area contributed by atoms with E-state index >= 15 is 0 Å². The fourth-order valence-corrected chi connectivity index (χ4v) is 24.0. The van der Waals surface area contributed by atoms with E-state index in [2.05, 4.69) is 426 Å². The molecule has 0 saturated heterocycles. The molecule has 20 aromatic rings. The Balaban J connectivity index is 0.617. The summed E-state index contributed by atoms with van der Waals surface area (Å²) in [5, 5.41) is 4.65. The maximum absolute atomic E-state index is 7.12. The van der Waals surface area contributed by atoms with Crippen molar-refractivity contribution in [3.05, 3.63) is 455 Å². The second-order valence-electron chi connectivity index (χ2n) is 34.7. The van der Waals surface area contributed by atoms with Crippen LogP contribution in [0.3, 0.4) is 0 Å². The lowest BCUT2D eigenvalue weighted by atomic mass is 9.66. The average molecular weight is 1580 g/mol. The minimum absolute atomic E-state index is 0.245. The third kappa shape index (κ3) is 9.31. The van der Waals surface area contributed by atoms with E-state index in [0.29, 0.717) is 0 Å². The minimum atomic E-state index is -0.678. The second-order valence-corrected chi connectivity index (χ2v) is 35.8. The molecule has 0 bridgehead atoms. The molecule has 18 aromatic carbocycles. The molecular formula is C116H76N2O3S. The maximum Gasteiger partial charge on any atom is 0.136 e. The van der Waals surface area contributed by atoms with E-state index < -0.39 is 16.2 Å². The Labute approximate surface area is 711 Å². The van der Waals surface area contributed by atoms with E-state index in [-0.39, 0.29) is 5.41 Å². The molecule has 0 amide bonds. The van der Waals surface area contributed by atoms with E-state index in [1.165, 1.54) is 126 Å². The number of furan rings is 1. The fraction of sp³-hybridized carbons (Fsp3) is 0.0690. The van der Waals surface area contributed by atoms with Crippen molar-refractivity contribution in [3.63, 3.8) is 0 Å². The van der Waals surface area contributed by atoms with Gasteiger partial charge in [-0.1, -0.05) is 307 Å². The number of hydrogen-bond donors (Lipinski definition) is 0. The van der Waals surface area contributed by atoms with Crippen LogP contribution < -0.4 is 19.3 Å². The zero-order valence-electron chi connectivity index (χ0n) is 67.5. The second kappa shape index (κ2) is 25.4. The lowest BCUT2D eigenvalue weighted by Crippen LogP contribution is -2.32. The zero-order valence-corrected chi connectivity index (χ0v) is 68.3. The minimum Gasteiger partial charge on any atom is -0.457 e. The van der Waals surface area contributed by atoms with E-state index in [9.17, 15) is 0 Å². The molecule has 26 rings (SSSR count). The lowest BCUT2D eigenvalue weighted by Gasteiger charge is -2.40. The lowest BCUT2D eigenvalue weighted by molar-refractivity contribution is 0.436. The molecule has 5 nitrogen and oxygen atoms in total. The number of thiophene rings is 1. The summed E-state index contributed by atoms with van der Waals surface area (Å²) in [6.07, 6.45) is 0. The van der Waals surface area contributed by atoms with Crippen molar-refractivity contribution in [3.8, 4) is 101 Å². The highest BCUT2D eigenvalue weighted by Gasteiger charge is 2.54. The van der Waals surface area contributed by atoms with Crippen LogP contribution in [0, 0.1) is 0 Å². The summed E-state index contributed by atoms with van der Waals surface area (Å²) >= 11 is 1.90. The fourth-order valence-electron chi connectivity index (χ4n) is 22.8.